The molecule has 1 aliphatic rings. The zero-order valence-electron chi connectivity index (χ0n) is 18.3. The first kappa shape index (κ1) is 22.6. The molecular formula is C25H25ClN2O3S. The number of nitrogens with zero attached hydrogens (tertiary/aromatic N) is 2. The Morgan fingerprint density at radius 3 is 2.69 bits per heavy atom. The van der Waals surface area contributed by atoms with Crippen LogP contribution in [0.2, 0.25) is 5.02 Å². The molecule has 0 saturated heterocycles. The average molecular weight is 469 g/mol. The van der Waals surface area contributed by atoms with Gasteiger partial charge >= 0.3 is 0 Å². The monoisotopic (exact) mass is 468 g/mol. The highest BCUT2D eigenvalue weighted by Crippen LogP contribution is 2.45. The van der Waals surface area contributed by atoms with Crippen molar-refractivity contribution in [3.05, 3.63) is 92.4 Å². The van der Waals surface area contributed by atoms with E-state index >= 15 is 0 Å². The van der Waals surface area contributed by atoms with Gasteiger partial charge in [-0.2, -0.15) is 0 Å². The Kier molecular flexibility index (Phi) is 6.74. The normalized spacial score (nSPS) is 14.9. The second-order valence-electron chi connectivity index (χ2n) is 7.86. The van der Waals surface area contributed by atoms with Gasteiger partial charge in [-0.05, 0) is 30.7 Å². The number of likely N-dealkylation sites (N-methyl/N-ethyl adjacent to an activating group) is 1. The maximum atomic E-state index is 13.4. The van der Waals surface area contributed by atoms with E-state index in [4.69, 9.17) is 16.3 Å². The summed E-state index contributed by atoms with van der Waals surface area (Å²) in [6.07, 6.45) is 0.539. The van der Waals surface area contributed by atoms with Crippen molar-refractivity contribution >= 4 is 29.3 Å². The van der Waals surface area contributed by atoms with Crippen LogP contribution in [0, 0.1) is 6.92 Å². The molecule has 1 amide bonds. The van der Waals surface area contributed by atoms with Crippen LogP contribution in [0.5, 0.6) is 0 Å². The predicted octanol–water partition coefficient (Wildman–Crippen LogP) is 4.91. The number of hydrogen-bond donors (Lipinski definition) is 0. The molecule has 32 heavy (non-hydrogen) atoms. The minimum atomic E-state index is -0.287. The maximum absolute atomic E-state index is 13.4. The summed E-state index contributed by atoms with van der Waals surface area (Å²) in [6, 6.07) is 17.5. The molecule has 1 unspecified atom stereocenters. The van der Waals surface area contributed by atoms with Gasteiger partial charge in [0.2, 0.25) is 0 Å². The lowest BCUT2D eigenvalue weighted by molar-refractivity contribution is 0.0741. The van der Waals surface area contributed by atoms with Crippen LogP contribution in [0.3, 0.4) is 0 Å². The van der Waals surface area contributed by atoms with Crippen LogP contribution in [0.25, 0.3) is 5.69 Å². The molecule has 0 spiro atoms. The number of carbonyl (C=O) groups is 1. The summed E-state index contributed by atoms with van der Waals surface area (Å²) in [6.45, 7) is 2.71. The third kappa shape index (κ3) is 4.35. The molecule has 166 valence electrons. The SMILES string of the molecule is COCCN(C)C(=O)c1c2n(c(C)cc1=O)-c1ccc(Cl)cc1SC(c1ccccc1)C2. The van der Waals surface area contributed by atoms with E-state index in [-0.39, 0.29) is 22.1 Å². The molecule has 5 nitrogen and oxygen atoms in total. The van der Waals surface area contributed by atoms with Crippen LogP contribution in [-0.4, -0.2) is 42.7 Å². The van der Waals surface area contributed by atoms with Gasteiger partial charge < -0.3 is 14.2 Å². The lowest BCUT2D eigenvalue weighted by Crippen LogP contribution is -2.36. The molecule has 2 heterocycles. The molecule has 7 heteroatoms. The fourth-order valence-corrected chi connectivity index (χ4v) is 5.62. The van der Waals surface area contributed by atoms with Crippen molar-refractivity contribution < 1.29 is 9.53 Å². The minimum absolute atomic E-state index is 0.0270. The Bertz CT molecular complexity index is 1210. The molecule has 1 aromatic heterocycles. The molecule has 0 saturated carbocycles. The highest BCUT2D eigenvalue weighted by Gasteiger charge is 2.30. The summed E-state index contributed by atoms with van der Waals surface area (Å²) in [5.74, 6) is -0.287. The maximum Gasteiger partial charge on any atom is 0.259 e. The van der Waals surface area contributed by atoms with E-state index in [1.54, 1.807) is 36.9 Å². The van der Waals surface area contributed by atoms with Crippen LogP contribution in [0.4, 0.5) is 0 Å². The van der Waals surface area contributed by atoms with Gasteiger partial charge in [0.15, 0.2) is 5.43 Å². The summed E-state index contributed by atoms with van der Waals surface area (Å²) in [5, 5.41) is 0.681. The molecule has 0 bridgehead atoms. The number of fused-ring (bicyclic) bond motifs is 3. The number of thioether (sulfide) groups is 1. The summed E-state index contributed by atoms with van der Waals surface area (Å²) in [5.41, 5.74) is 3.55. The molecule has 0 fully saturated rings. The number of methoxy groups -OCH3 is 1. The summed E-state index contributed by atoms with van der Waals surface area (Å²) < 4.78 is 7.16. The zero-order chi connectivity index (χ0) is 22.8. The van der Waals surface area contributed by atoms with Crippen LogP contribution >= 0.6 is 23.4 Å². The number of aryl methyl sites for hydroxylation is 1. The van der Waals surface area contributed by atoms with Crippen LogP contribution in [-0.2, 0) is 11.2 Å². The Hall–Kier alpha value is -2.54. The first-order chi connectivity index (χ1) is 15.4. The van der Waals surface area contributed by atoms with Crippen molar-refractivity contribution in [3.8, 4) is 5.69 Å². The minimum Gasteiger partial charge on any atom is -0.383 e. The number of amides is 1. The van der Waals surface area contributed by atoms with E-state index in [0.29, 0.717) is 24.6 Å². The van der Waals surface area contributed by atoms with Crippen LogP contribution in [0.15, 0.2) is 64.3 Å². The van der Waals surface area contributed by atoms with Crippen molar-refractivity contribution in [1.82, 2.24) is 9.47 Å². The van der Waals surface area contributed by atoms with Crippen molar-refractivity contribution in [1.29, 1.82) is 0 Å². The second-order valence-corrected chi connectivity index (χ2v) is 9.54. The summed E-state index contributed by atoms with van der Waals surface area (Å²) in [4.78, 5) is 29.1. The van der Waals surface area contributed by atoms with E-state index in [1.165, 1.54) is 0 Å². The molecule has 0 radical (unpaired) electrons. The van der Waals surface area contributed by atoms with Crippen LogP contribution in [0.1, 0.15) is 32.6 Å². The van der Waals surface area contributed by atoms with Gasteiger partial charge in [-0.25, -0.2) is 0 Å². The topological polar surface area (TPSA) is 51.5 Å². The van der Waals surface area contributed by atoms with E-state index < -0.39 is 0 Å². The highest BCUT2D eigenvalue weighted by atomic mass is 35.5. The zero-order valence-corrected chi connectivity index (χ0v) is 19.9. The Morgan fingerprint density at radius 1 is 1.22 bits per heavy atom. The van der Waals surface area contributed by atoms with E-state index in [1.807, 2.05) is 47.9 Å². The van der Waals surface area contributed by atoms with Crippen LogP contribution < -0.4 is 5.43 Å². The van der Waals surface area contributed by atoms with Gasteiger partial charge in [0.1, 0.15) is 5.56 Å². The van der Waals surface area contributed by atoms with Gasteiger partial charge in [0.25, 0.3) is 5.91 Å². The van der Waals surface area contributed by atoms with Crippen molar-refractivity contribution in [2.45, 2.75) is 23.5 Å². The number of rotatable bonds is 5. The molecule has 3 aromatic rings. The lowest BCUT2D eigenvalue weighted by atomic mass is 10.0. The standard InChI is InChI=1S/C25H25ClN2O3S/c1-16-13-21(29)24(25(30)27(2)11-12-31-3)20-15-22(17-7-5-4-6-8-17)32-23-14-18(26)9-10-19(23)28(16)20/h4-10,13-14,22H,11-12,15H2,1-3H3. The number of aromatic nitrogens is 1. The number of carbonyl (C=O) groups excluding carboxylic acids is 1. The molecule has 4 rings (SSSR count). The van der Waals surface area contributed by atoms with Gasteiger partial charge in [0.05, 0.1) is 12.3 Å². The molecule has 0 aliphatic carbocycles. The van der Waals surface area contributed by atoms with Gasteiger partial charge in [-0.1, -0.05) is 41.9 Å². The highest BCUT2D eigenvalue weighted by molar-refractivity contribution is 7.99. The first-order valence-corrected chi connectivity index (χ1v) is 11.7. The number of ether oxygens (including phenoxy) is 1. The number of hydrogen-bond acceptors (Lipinski definition) is 4. The third-order valence-electron chi connectivity index (χ3n) is 5.67. The van der Waals surface area contributed by atoms with Gasteiger partial charge in [0, 0.05) is 59.7 Å². The number of benzene rings is 2. The molecule has 0 N–H and O–H groups in total. The Balaban J connectivity index is 1.95. The molecular weight excluding hydrogens is 444 g/mol. The van der Waals surface area contributed by atoms with Gasteiger partial charge in [-0.3, -0.25) is 9.59 Å². The van der Waals surface area contributed by atoms with E-state index in [2.05, 4.69) is 12.1 Å². The Labute approximate surface area is 197 Å². The second kappa shape index (κ2) is 9.53. The van der Waals surface area contributed by atoms with Crippen molar-refractivity contribution in [3.63, 3.8) is 0 Å². The smallest absolute Gasteiger partial charge is 0.259 e. The largest absolute Gasteiger partial charge is 0.383 e. The fraction of sp³-hybridized carbons (Fsp3) is 0.280. The number of halogens is 1. The summed E-state index contributed by atoms with van der Waals surface area (Å²) in [7, 11) is 3.29. The summed E-state index contributed by atoms with van der Waals surface area (Å²) >= 11 is 8.05. The van der Waals surface area contributed by atoms with E-state index in [9.17, 15) is 9.59 Å². The first-order valence-electron chi connectivity index (χ1n) is 10.4. The van der Waals surface area contributed by atoms with E-state index in [0.717, 1.165) is 27.5 Å². The fourth-order valence-electron chi connectivity index (χ4n) is 4.06. The van der Waals surface area contributed by atoms with Crippen molar-refractivity contribution in [2.24, 2.45) is 0 Å². The molecule has 1 atom stereocenters. The number of pyridine rings is 1. The quantitative estimate of drug-likeness (QED) is 0.534. The Morgan fingerprint density at radius 2 is 1.97 bits per heavy atom. The third-order valence-corrected chi connectivity index (χ3v) is 7.21. The average Bonchev–Trinajstić information content (AvgIpc) is 2.94. The van der Waals surface area contributed by atoms with Gasteiger partial charge in [-0.15, -0.1) is 11.8 Å². The van der Waals surface area contributed by atoms with Crippen molar-refractivity contribution in [2.75, 3.05) is 27.3 Å². The predicted molar refractivity (Wildman–Crippen MR) is 129 cm³/mol. The molecule has 2 aromatic carbocycles. The molecule has 1 aliphatic heterocycles. The lowest BCUT2D eigenvalue weighted by Gasteiger charge is -2.23.